The molecule has 0 aromatic rings. The maximum Gasteiger partial charge on any atom is 0.466 e. The monoisotopic (exact) mass is 329 g/mol. The fourth-order valence-electron chi connectivity index (χ4n) is 0.275. The molecule has 0 aliphatic rings. The zero-order chi connectivity index (χ0) is 16.4. The van der Waals surface area contributed by atoms with Crippen LogP contribution in [0.2, 0.25) is 0 Å². The molecule has 0 radical (unpaired) electrons. The summed E-state index contributed by atoms with van der Waals surface area (Å²) < 4.78 is 40.5. The summed E-state index contributed by atoms with van der Waals surface area (Å²) >= 11 is 0. The molecule has 0 rings (SSSR count). The summed E-state index contributed by atoms with van der Waals surface area (Å²) in [6, 6.07) is -1.29. The predicted molar refractivity (Wildman–Crippen MR) is 56.3 cm³/mol. The average molecular weight is 329 g/mol. The lowest BCUT2D eigenvalue weighted by Crippen LogP contribution is -2.32. The van der Waals surface area contributed by atoms with E-state index in [-0.39, 0.29) is 0 Å². The highest BCUT2D eigenvalue weighted by atomic mass is 32.3. The van der Waals surface area contributed by atoms with E-state index >= 15 is 0 Å². The van der Waals surface area contributed by atoms with Crippen molar-refractivity contribution in [2.75, 3.05) is 0 Å². The molecule has 0 aliphatic carbocycles. The Hall–Kier alpha value is -1.12. The first kappa shape index (κ1) is 23.0. The summed E-state index contributed by atoms with van der Waals surface area (Å²) in [5.41, 5.74) is 4.84. The highest BCUT2D eigenvalue weighted by Gasteiger charge is 2.14. The summed E-state index contributed by atoms with van der Waals surface area (Å²) in [4.78, 5) is 41.2. The average Bonchev–Trinajstić information content (AvgIpc) is 1.94. The van der Waals surface area contributed by atoms with Crippen LogP contribution in [0.25, 0.3) is 0 Å². The van der Waals surface area contributed by atoms with Gasteiger partial charge in [0.05, 0.1) is 6.42 Å². The molecule has 19 heavy (non-hydrogen) atoms. The van der Waals surface area contributed by atoms with Gasteiger partial charge in [0, 0.05) is 0 Å². The molecule has 0 bridgehead atoms. The first-order valence-corrected chi connectivity index (χ1v) is 6.68. The van der Waals surface area contributed by atoms with Gasteiger partial charge in [-0.05, 0) is 0 Å². The van der Waals surface area contributed by atoms with E-state index in [1.807, 2.05) is 0 Å². The van der Waals surface area contributed by atoms with E-state index in [0.29, 0.717) is 0 Å². The maximum atomic E-state index is 9.85. The number of phosphoric acid groups is 1. The predicted octanol–water partition coefficient (Wildman–Crippen LogP) is -2.71. The summed E-state index contributed by atoms with van der Waals surface area (Å²) in [5.74, 6) is -2.50. The Morgan fingerprint density at radius 1 is 1.11 bits per heavy atom. The first-order chi connectivity index (χ1) is 8.04. The molecule has 0 amide bonds. The summed E-state index contributed by atoms with van der Waals surface area (Å²) in [6.07, 6.45) is -0.532. The minimum Gasteiger partial charge on any atom is -0.481 e. The van der Waals surface area contributed by atoms with E-state index in [1.54, 1.807) is 0 Å². The largest absolute Gasteiger partial charge is 0.481 e. The standard InChI is InChI=1S/C4H7NO4.H3O4P.H2O4S/c5-2(4(8)9)1-3(6)7;2*1-5(2,3)4/h2H,1,5H2,(H,6,7)(H,8,9);(H3,1,2,3,4);(H2,1,2,3,4)/t2-;;/m0../s1. The van der Waals surface area contributed by atoms with Crippen molar-refractivity contribution in [1.82, 2.24) is 0 Å². The molecule has 13 nitrogen and oxygen atoms in total. The van der Waals surface area contributed by atoms with Crippen molar-refractivity contribution >= 4 is 30.2 Å². The molecule has 0 aromatic carbocycles. The van der Waals surface area contributed by atoms with Gasteiger partial charge in [-0.15, -0.1) is 0 Å². The molecule has 0 fully saturated rings. The van der Waals surface area contributed by atoms with Crippen LogP contribution in [0.3, 0.4) is 0 Å². The molecule has 116 valence electrons. The maximum absolute atomic E-state index is 9.85. The highest BCUT2D eigenvalue weighted by Crippen LogP contribution is 2.25. The van der Waals surface area contributed by atoms with Gasteiger partial charge in [0.25, 0.3) is 0 Å². The fourth-order valence-corrected chi connectivity index (χ4v) is 0.275. The Balaban J connectivity index is -0.000000219. The van der Waals surface area contributed by atoms with Gasteiger partial charge in [0.15, 0.2) is 0 Å². The van der Waals surface area contributed by atoms with Crippen LogP contribution in [0, 0.1) is 0 Å². The number of hydrogen-bond donors (Lipinski definition) is 8. The van der Waals surface area contributed by atoms with E-state index < -0.39 is 42.6 Å². The fraction of sp³-hybridized carbons (Fsp3) is 0.500. The van der Waals surface area contributed by atoms with E-state index in [2.05, 4.69) is 0 Å². The lowest BCUT2D eigenvalue weighted by Gasteiger charge is -1.99. The van der Waals surface area contributed by atoms with Crippen LogP contribution in [0.5, 0.6) is 0 Å². The van der Waals surface area contributed by atoms with Gasteiger partial charge in [-0.25, -0.2) is 4.57 Å². The molecular formula is C4H12NO12PS. The third kappa shape index (κ3) is 79.0. The molecule has 9 N–H and O–H groups in total. The Morgan fingerprint density at radius 3 is 1.37 bits per heavy atom. The molecule has 0 heterocycles. The van der Waals surface area contributed by atoms with Crippen LogP contribution in [-0.4, -0.2) is 60.4 Å². The van der Waals surface area contributed by atoms with Gasteiger partial charge in [0.1, 0.15) is 6.04 Å². The number of rotatable bonds is 3. The Bertz CT molecular complexity index is 407. The molecule has 0 saturated heterocycles. The van der Waals surface area contributed by atoms with Crippen molar-refractivity contribution in [2.24, 2.45) is 5.73 Å². The zero-order valence-corrected chi connectivity index (χ0v) is 10.6. The van der Waals surface area contributed by atoms with Crippen molar-refractivity contribution in [3.63, 3.8) is 0 Å². The molecule has 0 spiro atoms. The summed E-state index contributed by atoms with van der Waals surface area (Å²) in [5, 5.41) is 16.0. The molecule has 0 unspecified atom stereocenters. The Morgan fingerprint density at radius 2 is 1.32 bits per heavy atom. The van der Waals surface area contributed by atoms with Crippen LogP contribution < -0.4 is 5.73 Å². The molecule has 0 saturated carbocycles. The minimum atomic E-state index is -4.67. The number of carboxylic acid groups (broad SMARTS) is 2. The Kier molecular flexibility index (Phi) is 11.8. The number of hydrogen-bond acceptors (Lipinski definition) is 6. The quantitative estimate of drug-likeness (QED) is 0.194. The van der Waals surface area contributed by atoms with Crippen LogP contribution in [0.15, 0.2) is 0 Å². The SMILES string of the molecule is N[C@@H](CC(=O)O)C(=O)O.O=P(O)(O)O.O=S(=O)(O)O. The molecule has 0 aromatic heterocycles. The van der Waals surface area contributed by atoms with Gasteiger partial charge < -0.3 is 30.6 Å². The summed E-state index contributed by atoms with van der Waals surface area (Å²) in [6.45, 7) is 0. The lowest BCUT2D eigenvalue weighted by molar-refractivity contribution is -0.144. The number of carboxylic acids is 2. The minimum absolute atomic E-state index is 0.532. The van der Waals surface area contributed by atoms with E-state index in [1.165, 1.54) is 0 Å². The van der Waals surface area contributed by atoms with Crippen LogP contribution >= 0.6 is 7.82 Å². The van der Waals surface area contributed by atoms with Gasteiger partial charge >= 0.3 is 30.2 Å². The van der Waals surface area contributed by atoms with Crippen molar-refractivity contribution in [2.45, 2.75) is 12.5 Å². The number of nitrogens with two attached hydrogens (primary N) is 1. The Labute approximate surface area is 106 Å². The smallest absolute Gasteiger partial charge is 0.466 e. The highest BCUT2D eigenvalue weighted by molar-refractivity contribution is 7.79. The van der Waals surface area contributed by atoms with Gasteiger partial charge in [-0.2, -0.15) is 8.42 Å². The third-order valence-electron chi connectivity index (χ3n) is 0.712. The van der Waals surface area contributed by atoms with E-state index in [0.717, 1.165) is 0 Å². The number of carbonyl (C=O) groups is 2. The van der Waals surface area contributed by atoms with Gasteiger partial charge in [-0.3, -0.25) is 18.7 Å². The molecule has 0 aliphatic heterocycles. The first-order valence-electron chi connectivity index (χ1n) is 3.72. The summed E-state index contributed by atoms with van der Waals surface area (Å²) in [7, 11) is -9.31. The second-order valence-corrected chi connectivity index (χ2v) is 4.43. The molecule has 1 atom stereocenters. The van der Waals surface area contributed by atoms with Crippen LogP contribution in [-0.2, 0) is 24.6 Å². The second kappa shape index (κ2) is 9.76. The van der Waals surface area contributed by atoms with Crippen molar-refractivity contribution in [3.05, 3.63) is 0 Å². The third-order valence-corrected chi connectivity index (χ3v) is 0.712. The number of aliphatic carboxylic acids is 2. The molecular weight excluding hydrogens is 317 g/mol. The van der Waals surface area contributed by atoms with Crippen molar-refractivity contribution in [3.8, 4) is 0 Å². The van der Waals surface area contributed by atoms with Crippen LogP contribution in [0.1, 0.15) is 6.42 Å². The van der Waals surface area contributed by atoms with Crippen molar-refractivity contribution < 1.29 is 56.6 Å². The van der Waals surface area contributed by atoms with E-state index in [4.69, 9.17) is 52.7 Å². The lowest BCUT2D eigenvalue weighted by atomic mass is 10.2. The van der Waals surface area contributed by atoms with Crippen molar-refractivity contribution in [1.29, 1.82) is 0 Å². The molecule has 15 heteroatoms. The van der Waals surface area contributed by atoms with Gasteiger partial charge in [0.2, 0.25) is 0 Å². The zero-order valence-electron chi connectivity index (χ0n) is 8.89. The van der Waals surface area contributed by atoms with E-state index in [9.17, 15) is 9.59 Å². The second-order valence-electron chi connectivity index (χ2n) is 2.50. The van der Waals surface area contributed by atoms with Gasteiger partial charge in [-0.1, -0.05) is 0 Å². The normalized spacial score (nSPS) is 12.1. The van der Waals surface area contributed by atoms with Crippen LogP contribution in [0.4, 0.5) is 0 Å². The topological polar surface area (TPSA) is 253 Å².